The second-order valence-electron chi connectivity index (χ2n) is 6.46. The zero-order valence-corrected chi connectivity index (χ0v) is 18.6. The van der Waals surface area contributed by atoms with Crippen LogP contribution in [0.15, 0.2) is 46.0 Å². The summed E-state index contributed by atoms with van der Waals surface area (Å²) in [5.74, 6) is 1.61. The number of hydrogen-bond acceptors (Lipinski definition) is 5. The van der Waals surface area contributed by atoms with Crippen LogP contribution in [-0.2, 0) is 4.79 Å². The van der Waals surface area contributed by atoms with Crippen molar-refractivity contribution >= 4 is 28.1 Å². The third kappa shape index (κ3) is 7.77. The molecule has 2 aromatic carbocycles. The lowest BCUT2D eigenvalue weighted by Gasteiger charge is -2.11. The van der Waals surface area contributed by atoms with E-state index in [-0.39, 0.29) is 12.5 Å². The van der Waals surface area contributed by atoms with Gasteiger partial charge in [-0.05, 0) is 60.9 Å². The van der Waals surface area contributed by atoms with Crippen molar-refractivity contribution in [3.05, 3.63) is 52.0 Å². The first kappa shape index (κ1) is 22.7. The lowest BCUT2D eigenvalue weighted by molar-refractivity contribution is -0.123. The molecule has 0 saturated heterocycles. The molecule has 156 valence electrons. The average Bonchev–Trinajstić information content (AvgIpc) is 2.72. The number of rotatable bonds is 11. The van der Waals surface area contributed by atoms with Crippen molar-refractivity contribution in [2.24, 2.45) is 5.10 Å². The van der Waals surface area contributed by atoms with Crippen LogP contribution in [0.3, 0.4) is 0 Å². The highest BCUT2D eigenvalue weighted by Crippen LogP contribution is 2.27. The van der Waals surface area contributed by atoms with E-state index in [9.17, 15) is 4.79 Å². The molecule has 0 spiro atoms. The number of methoxy groups -OCH3 is 1. The van der Waals surface area contributed by atoms with E-state index in [4.69, 9.17) is 14.2 Å². The molecule has 0 heterocycles. The van der Waals surface area contributed by atoms with Gasteiger partial charge in [0.25, 0.3) is 5.91 Å². The first-order valence-corrected chi connectivity index (χ1v) is 10.3. The number of nitrogens with zero attached hydrogens (tertiary/aromatic N) is 1. The molecule has 0 saturated carbocycles. The van der Waals surface area contributed by atoms with Crippen LogP contribution in [0.4, 0.5) is 0 Å². The Balaban J connectivity index is 1.83. The Morgan fingerprint density at radius 1 is 1.14 bits per heavy atom. The van der Waals surface area contributed by atoms with Gasteiger partial charge in [0.05, 0.1) is 19.9 Å². The standard InChI is InChI=1S/C22H27BrN2O4/c1-4-5-6-11-28-20-10-7-17(13-21(20)27-3)14-24-25-22(26)15-29-18-8-9-19(23)16(2)12-18/h7-10,12-14H,4-6,11,15H2,1-3H3,(H,25,26)/b24-14+. The van der Waals surface area contributed by atoms with Gasteiger partial charge in [0, 0.05) is 4.47 Å². The molecule has 7 heteroatoms. The molecule has 0 unspecified atom stereocenters. The van der Waals surface area contributed by atoms with E-state index in [1.165, 1.54) is 0 Å². The minimum Gasteiger partial charge on any atom is -0.493 e. The maximum absolute atomic E-state index is 11.9. The van der Waals surface area contributed by atoms with Crippen LogP contribution in [0, 0.1) is 6.92 Å². The Bertz CT molecular complexity index is 840. The molecule has 6 nitrogen and oxygen atoms in total. The lowest BCUT2D eigenvalue weighted by atomic mass is 10.2. The van der Waals surface area contributed by atoms with E-state index in [0.29, 0.717) is 23.9 Å². The fraction of sp³-hybridized carbons (Fsp3) is 0.364. The van der Waals surface area contributed by atoms with Gasteiger partial charge in [0.1, 0.15) is 5.75 Å². The Morgan fingerprint density at radius 2 is 1.97 bits per heavy atom. The van der Waals surface area contributed by atoms with Gasteiger partial charge in [-0.2, -0.15) is 5.10 Å². The van der Waals surface area contributed by atoms with Crippen molar-refractivity contribution in [2.75, 3.05) is 20.3 Å². The van der Waals surface area contributed by atoms with E-state index in [0.717, 1.165) is 34.9 Å². The monoisotopic (exact) mass is 462 g/mol. The number of amides is 1. The molecular formula is C22H27BrN2O4. The number of unbranched alkanes of at least 4 members (excludes halogenated alkanes) is 2. The number of halogens is 1. The molecule has 2 aromatic rings. The first-order chi connectivity index (χ1) is 14.0. The van der Waals surface area contributed by atoms with Gasteiger partial charge in [-0.25, -0.2) is 5.43 Å². The zero-order valence-electron chi connectivity index (χ0n) is 17.0. The molecule has 0 aliphatic rings. The number of nitrogens with one attached hydrogen (secondary N) is 1. The van der Waals surface area contributed by atoms with E-state index in [1.807, 2.05) is 37.3 Å². The van der Waals surface area contributed by atoms with Gasteiger partial charge in [-0.3, -0.25) is 4.79 Å². The fourth-order valence-corrected chi connectivity index (χ4v) is 2.73. The summed E-state index contributed by atoms with van der Waals surface area (Å²) < 4.78 is 17.6. The maximum atomic E-state index is 11.9. The molecule has 0 aromatic heterocycles. The van der Waals surface area contributed by atoms with E-state index in [2.05, 4.69) is 33.4 Å². The van der Waals surface area contributed by atoms with Crippen LogP contribution in [0.25, 0.3) is 0 Å². The van der Waals surface area contributed by atoms with Crippen molar-refractivity contribution in [3.63, 3.8) is 0 Å². The van der Waals surface area contributed by atoms with Crippen molar-refractivity contribution in [1.82, 2.24) is 5.43 Å². The lowest BCUT2D eigenvalue weighted by Crippen LogP contribution is -2.24. The van der Waals surface area contributed by atoms with Crippen LogP contribution >= 0.6 is 15.9 Å². The number of carbonyl (C=O) groups is 1. The first-order valence-electron chi connectivity index (χ1n) is 9.55. The summed E-state index contributed by atoms with van der Waals surface area (Å²) in [6.45, 7) is 4.65. The van der Waals surface area contributed by atoms with E-state index >= 15 is 0 Å². The van der Waals surface area contributed by atoms with Gasteiger partial charge >= 0.3 is 0 Å². The normalized spacial score (nSPS) is 10.8. The van der Waals surface area contributed by atoms with Crippen molar-refractivity contribution in [1.29, 1.82) is 0 Å². The van der Waals surface area contributed by atoms with Gasteiger partial charge in [-0.15, -0.1) is 0 Å². The minimum atomic E-state index is -0.343. The van der Waals surface area contributed by atoms with Crippen molar-refractivity contribution in [3.8, 4) is 17.2 Å². The maximum Gasteiger partial charge on any atom is 0.277 e. The summed E-state index contributed by atoms with van der Waals surface area (Å²) in [5, 5.41) is 3.97. The fourth-order valence-electron chi connectivity index (χ4n) is 2.48. The summed E-state index contributed by atoms with van der Waals surface area (Å²) >= 11 is 3.43. The summed E-state index contributed by atoms with van der Waals surface area (Å²) in [5.41, 5.74) is 4.27. The number of carbonyl (C=O) groups excluding carboxylic acids is 1. The van der Waals surface area contributed by atoms with Gasteiger partial charge < -0.3 is 14.2 Å². The van der Waals surface area contributed by atoms with E-state index < -0.39 is 0 Å². The second-order valence-corrected chi connectivity index (χ2v) is 7.31. The van der Waals surface area contributed by atoms with Crippen molar-refractivity contribution < 1.29 is 19.0 Å². The third-order valence-corrected chi connectivity index (χ3v) is 4.99. The molecule has 0 atom stereocenters. The molecule has 29 heavy (non-hydrogen) atoms. The topological polar surface area (TPSA) is 69.2 Å². The minimum absolute atomic E-state index is 0.119. The summed E-state index contributed by atoms with van der Waals surface area (Å²) in [7, 11) is 1.60. The largest absolute Gasteiger partial charge is 0.493 e. The predicted octanol–water partition coefficient (Wildman–Crippen LogP) is 4.86. The molecule has 0 aliphatic carbocycles. The highest BCUT2D eigenvalue weighted by atomic mass is 79.9. The summed E-state index contributed by atoms with van der Waals surface area (Å²) in [6, 6.07) is 11.0. The van der Waals surface area contributed by atoms with Gasteiger partial charge in [0.2, 0.25) is 0 Å². The molecule has 0 aliphatic heterocycles. The number of hydrogen-bond donors (Lipinski definition) is 1. The smallest absolute Gasteiger partial charge is 0.277 e. The number of benzene rings is 2. The summed E-state index contributed by atoms with van der Waals surface area (Å²) in [4.78, 5) is 11.9. The molecule has 0 radical (unpaired) electrons. The quantitative estimate of drug-likeness (QED) is 0.294. The Kier molecular flexibility index (Phi) is 9.50. The van der Waals surface area contributed by atoms with Gasteiger partial charge in [0.15, 0.2) is 18.1 Å². The van der Waals surface area contributed by atoms with Gasteiger partial charge in [-0.1, -0.05) is 35.7 Å². The highest BCUT2D eigenvalue weighted by Gasteiger charge is 2.06. The zero-order chi connectivity index (χ0) is 21.1. The number of aryl methyl sites for hydroxylation is 1. The highest BCUT2D eigenvalue weighted by molar-refractivity contribution is 9.10. The predicted molar refractivity (Wildman–Crippen MR) is 118 cm³/mol. The Labute approximate surface area is 180 Å². The second kappa shape index (κ2) is 12.1. The Morgan fingerprint density at radius 3 is 2.69 bits per heavy atom. The van der Waals surface area contributed by atoms with Crippen LogP contribution in [0.2, 0.25) is 0 Å². The molecule has 2 rings (SSSR count). The average molecular weight is 463 g/mol. The Hall–Kier alpha value is -2.54. The molecule has 1 N–H and O–H groups in total. The van der Waals surface area contributed by atoms with E-state index in [1.54, 1.807) is 19.4 Å². The molecule has 0 fully saturated rings. The molecular weight excluding hydrogens is 436 g/mol. The summed E-state index contributed by atoms with van der Waals surface area (Å²) in [6.07, 6.45) is 4.84. The van der Waals surface area contributed by atoms with Crippen LogP contribution in [-0.4, -0.2) is 32.4 Å². The number of ether oxygens (including phenoxy) is 3. The molecule has 0 bridgehead atoms. The third-order valence-electron chi connectivity index (χ3n) is 4.10. The molecule has 1 amide bonds. The SMILES string of the molecule is CCCCCOc1ccc(/C=N/NC(=O)COc2ccc(Br)c(C)c2)cc1OC. The van der Waals surface area contributed by atoms with Crippen LogP contribution < -0.4 is 19.6 Å². The van der Waals surface area contributed by atoms with Crippen LogP contribution in [0.5, 0.6) is 17.2 Å². The number of hydrazone groups is 1. The van der Waals surface area contributed by atoms with Crippen LogP contribution in [0.1, 0.15) is 37.3 Å². The van der Waals surface area contributed by atoms with Crippen molar-refractivity contribution in [2.45, 2.75) is 33.1 Å².